The van der Waals surface area contributed by atoms with E-state index in [9.17, 15) is 19.0 Å². The number of carbonyl (C=O) groups is 2. The predicted octanol–water partition coefficient (Wildman–Crippen LogP) is 10.00. The van der Waals surface area contributed by atoms with Gasteiger partial charge < -0.3 is 14.4 Å². The number of phosphoric acid groups is 1. The van der Waals surface area contributed by atoms with Gasteiger partial charge >= 0.3 is 19.8 Å². The highest BCUT2D eigenvalue weighted by molar-refractivity contribution is 7.47. The summed E-state index contributed by atoms with van der Waals surface area (Å²) in [6.45, 7) is 5.45. The summed E-state index contributed by atoms with van der Waals surface area (Å²) in [5, 5.41) is 0. The molecule has 0 aliphatic carbocycles. The van der Waals surface area contributed by atoms with Gasteiger partial charge in [-0.05, 0) is 19.8 Å². The number of phosphoric ester groups is 1. The van der Waals surface area contributed by atoms with Gasteiger partial charge in [-0.15, -0.1) is 0 Å². The lowest BCUT2D eigenvalue weighted by atomic mass is 10.1. The Labute approximate surface area is 258 Å². The van der Waals surface area contributed by atoms with Gasteiger partial charge in [0.25, 0.3) is 0 Å². The summed E-state index contributed by atoms with van der Waals surface area (Å²) in [4.78, 5) is 34.4. The molecule has 0 heterocycles. The Kier molecular flexibility index (Phi) is 29.4. The van der Waals surface area contributed by atoms with E-state index in [0.717, 1.165) is 38.5 Å². The summed E-state index contributed by atoms with van der Waals surface area (Å²) in [5.41, 5.74) is 0. The van der Waals surface area contributed by atoms with E-state index in [0.29, 0.717) is 6.42 Å². The quantitative estimate of drug-likeness (QED) is 0.0450. The van der Waals surface area contributed by atoms with Crippen molar-refractivity contribution in [2.75, 3.05) is 19.8 Å². The first-order valence-electron chi connectivity index (χ1n) is 17.3. The van der Waals surface area contributed by atoms with E-state index in [1.807, 2.05) is 0 Å². The Morgan fingerprint density at radius 1 is 0.548 bits per heavy atom. The van der Waals surface area contributed by atoms with Gasteiger partial charge in [0.05, 0.1) is 13.2 Å². The van der Waals surface area contributed by atoms with Gasteiger partial charge in [0.2, 0.25) is 0 Å². The zero-order valence-corrected chi connectivity index (χ0v) is 28.3. The number of unbranched alkanes of at least 4 members (excludes halogenated alkanes) is 20. The molecule has 42 heavy (non-hydrogen) atoms. The van der Waals surface area contributed by atoms with E-state index >= 15 is 0 Å². The fourth-order valence-corrected chi connectivity index (χ4v) is 5.62. The first-order chi connectivity index (χ1) is 20.3. The Hall–Kier alpha value is -0.950. The molecule has 8 nitrogen and oxygen atoms in total. The minimum Gasteiger partial charge on any atom is -0.462 e. The average molecular weight is 621 g/mol. The maximum absolute atomic E-state index is 12.4. The van der Waals surface area contributed by atoms with E-state index in [-0.39, 0.29) is 32.2 Å². The Bertz CT molecular complexity index is 672. The number of rotatable bonds is 32. The lowest BCUT2D eigenvalue weighted by Gasteiger charge is -2.19. The molecule has 250 valence electrons. The molecule has 0 amide bonds. The van der Waals surface area contributed by atoms with Gasteiger partial charge in [-0.1, -0.05) is 142 Å². The highest BCUT2D eigenvalue weighted by atomic mass is 31.2. The smallest absolute Gasteiger partial charge is 0.462 e. The second-order valence-corrected chi connectivity index (χ2v) is 13.0. The van der Waals surface area contributed by atoms with Crippen molar-refractivity contribution in [3.05, 3.63) is 0 Å². The molecule has 1 unspecified atom stereocenters. The molecule has 0 aromatic carbocycles. The zero-order valence-electron chi connectivity index (χ0n) is 27.4. The van der Waals surface area contributed by atoms with Crippen LogP contribution in [-0.2, 0) is 32.7 Å². The molecule has 0 saturated carbocycles. The third kappa shape index (κ3) is 29.1. The SMILES string of the molecule is CCCCCCCCCCCCCC(=O)OC[C@H](COP(=O)(O)OCC)OC(=O)CCCCCCCCCCCCC. The van der Waals surface area contributed by atoms with Crippen molar-refractivity contribution in [3.8, 4) is 0 Å². The highest BCUT2D eigenvalue weighted by Gasteiger charge is 2.25. The topological polar surface area (TPSA) is 108 Å². The first kappa shape index (κ1) is 41.0. The van der Waals surface area contributed by atoms with Crippen LogP contribution in [0.3, 0.4) is 0 Å². The van der Waals surface area contributed by atoms with E-state index in [4.69, 9.17) is 18.5 Å². The molecule has 0 aliphatic heterocycles. The number of esters is 2. The van der Waals surface area contributed by atoms with Gasteiger partial charge in [0.15, 0.2) is 6.10 Å². The Morgan fingerprint density at radius 3 is 1.33 bits per heavy atom. The molecular formula is C33H65O8P. The molecule has 0 fully saturated rings. The second kappa shape index (κ2) is 30.1. The monoisotopic (exact) mass is 620 g/mol. The van der Waals surface area contributed by atoms with Crippen LogP contribution in [0.4, 0.5) is 0 Å². The third-order valence-electron chi connectivity index (χ3n) is 7.41. The molecule has 0 aromatic heterocycles. The van der Waals surface area contributed by atoms with Crippen LogP contribution in [0.2, 0.25) is 0 Å². The van der Waals surface area contributed by atoms with E-state index in [1.165, 1.54) is 103 Å². The second-order valence-electron chi connectivity index (χ2n) is 11.5. The molecule has 0 saturated heterocycles. The molecule has 0 radical (unpaired) electrons. The van der Waals surface area contributed by atoms with Gasteiger partial charge in [0, 0.05) is 12.8 Å². The molecule has 2 atom stereocenters. The van der Waals surface area contributed by atoms with Crippen LogP contribution in [-0.4, -0.2) is 42.8 Å². The molecule has 1 N–H and O–H groups in total. The maximum Gasteiger partial charge on any atom is 0.472 e. The summed E-state index contributed by atoms with van der Waals surface area (Å²) in [6, 6.07) is 0. The fraction of sp³-hybridized carbons (Fsp3) is 0.939. The van der Waals surface area contributed by atoms with Gasteiger partial charge in [0.1, 0.15) is 6.61 Å². The van der Waals surface area contributed by atoms with E-state index in [1.54, 1.807) is 6.92 Å². The van der Waals surface area contributed by atoms with E-state index in [2.05, 4.69) is 13.8 Å². The normalized spacial score (nSPS) is 13.5. The van der Waals surface area contributed by atoms with Crippen LogP contribution < -0.4 is 0 Å². The fourth-order valence-electron chi connectivity index (χ4n) is 4.86. The first-order valence-corrected chi connectivity index (χ1v) is 18.8. The van der Waals surface area contributed by atoms with Crippen molar-refractivity contribution in [3.63, 3.8) is 0 Å². The molecule has 0 rings (SSSR count). The van der Waals surface area contributed by atoms with Crippen LogP contribution in [0.5, 0.6) is 0 Å². The van der Waals surface area contributed by atoms with Gasteiger partial charge in [-0.3, -0.25) is 18.6 Å². The largest absolute Gasteiger partial charge is 0.472 e. The lowest BCUT2D eigenvalue weighted by molar-refractivity contribution is -0.161. The molecule has 9 heteroatoms. The Balaban J connectivity index is 4.18. The summed E-state index contributed by atoms with van der Waals surface area (Å²) < 4.78 is 32.4. The van der Waals surface area contributed by atoms with Gasteiger partial charge in [-0.2, -0.15) is 0 Å². The third-order valence-corrected chi connectivity index (χ3v) is 8.47. The molecule has 0 bridgehead atoms. The minimum atomic E-state index is -4.26. The molecule has 0 spiro atoms. The average Bonchev–Trinajstić information content (AvgIpc) is 2.96. The summed E-state index contributed by atoms with van der Waals surface area (Å²) in [6.07, 6.45) is 25.8. The number of hydrogen-bond donors (Lipinski definition) is 1. The van der Waals surface area contributed by atoms with Crippen molar-refractivity contribution in [1.29, 1.82) is 0 Å². The van der Waals surface area contributed by atoms with Crippen LogP contribution in [0.25, 0.3) is 0 Å². The van der Waals surface area contributed by atoms with Gasteiger partial charge in [-0.25, -0.2) is 4.57 Å². The van der Waals surface area contributed by atoms with Crippen molar-refractivity contribution in [1.82, 2.24) is 0 Å². The van der Waals surface area contributed by atoms with Crippen LogP contribution >= 0.6 is 7.82 Å². The number of carbonyl (C=O) groups excluding carboxylic acids is 2. The van der Waals surface area contributed by atoms with Crippen LogP contribution in [0.1, 0.15) is 175 Å². The number of hydrogen-bond acceptors (Lipinski definition) is 7. The highest BCUT2D eigenvalue weighted by Crippen LogP contribution is 2.43. The standard InChI is InChI=1S/C33H65O8P/c1-4-7-9-11-13-15-17-19-21-23-25-27-32(34)38-29-31(30-40-42(36,37)39-6-3)41-33(35)28-26-24-22-20-18-16-14-12-10-8-5-2/h31H,4-30H2,1-3H3,(H,36,37)/t31-/m1/s1. The van der Waals surface area contributed by atoms with Crippen LogP contribution in [0, 0.1) is 0 Å². The van der Waals surface area contributed by atoms with E-state index < -0.39 is 19.9 Å². The lowest BCUT2D eigenvalue weighted by Crippen LogP contribution is -2.29. The maximum atomic E-state index is 12.4. The summed E-state index contributed by atoms with van der Waals surface area (Å²) in [7, 11) is -4.26. The van der Waals surface area contributed by atoms with Crippen molar-refractivity contribution >= 4 is 19.8 Å². The minimum absolute atomic E-state index is 0.00499. The molecule has 0 aromatic rings. The predicted molar refractivity (Wildman–Crippen MR) is 170 cm³/mol. The molecular weight excluding hydrogens is 555 g/mol. The molecule has 0 aliphatic rings. The number of ether oxygens (including phenoxy) is 2. The Morgan fingerprint density at radius 2 is 0.929 bits per heavy atom. The van der Waals surface area contributed by atoms with Crippen molar-refractivity contribution in [2.24, 2.45) is 0 Å². The van der Waals surface area contributed by atoms with Crippen LogP contribution in [0.15, 0.2) is 0 Å². The summed E-state index contributed by atoms with van der Waals surface area (Å²) >= 11 is 0. The zero-order chi connectivity index (χ0) is 31.2. The summed E-state index contributed by atoms with van der Waals surface area (Å²) in [5.74, 6) is -0.792. The van der Waals surface area contributed by atoms with Crippen molar-refractivity contribution in [2.45, 2.75) is 181 Å². The van der Waals surface area contributed by atoms with Crippen molar-refractivity contribution < 1.29 is 37.6 Å².